The van der Waals surface area contributed by atoms with Gasteiger partial charge in [-0.05, 0) is 49.9 Å². The molecule has 29 heavy (non-hydrogen) atoms. The van der Waals surface area contributed by atoms with E-state index < -0.39 is 0 Å². The minimum atomic E-state index is -0.201. The number of benzene rings is 1. The highest BCUT2D eigenvalue weighted by Gasteiger charge is 2.08. The van der Waals surface area contributed by atoms with Crippen molar-refractivity contribution in [3.05, 3.63) is 28.8 Å². The molecular weight excluding hydrogens is 388 g/mol. The van der Waals surface area contributed by atoms with E-state index in [2.05, 4.69) is 6.92 Å². The summed E-state index contributed by atoms with van der Waals surface area (Å²) in [5, 5.41) is 0.637. The molecule has 0 aliphatic rings. The predicted molar refractivity (Wildman–Crippen MR) is 118 cm³/mol. The fourth-order valence-electron chi connectivity index (χ4n) is 3.11. The Bertz CT molecular complexity index is 601. The van der Waals surface area contributed by atoms with Crippen LogP contribution < -0.4 is 4.74 Å². The van der Waals surface area contributed by atoms with E-state index in [0.29, 0.717) is 30.2 Å². The van der Waals surface area contributed by atoms with E-state index in [0.717, 1.165) is 56.9 Å². The van der Waals surface area contributed by atoms with Crippen molar-refractivity contribution in [2.45, 2.75) is 97.3 Å². The van der Waals surface area contributed by atoms with E-state index in [4.69, 9.17) is 21.1 Å². The molecule has 0 unspecified atom stereocenters. The molecule has 1 aromatic rings. The highest BCUT2D eigenvalue weighted by atomic mass is 35.5. The maximum absolute atomic E-state index is 11.9. The van der Waals surface area contributed by atoms with Crippen molar-refractivity contribution in [3.63, 3.8) is 0 Å². The fraction of sp³-hybridized carbons (Fsp3) is 0.667. The summed E-state index contributed by atoms with van der Waals surface area (Å²) in [6.45, 7) is 4.63. The first-order chi connectivity index (χ1) is 14.0. The lowest BCUT2D eigenvalue weighted by Crippen LogP contribution is -2.08. The molecule has 4 nitrogen and oxygen atoms in total. The molecule has 0 atom stereocenters. The van der Waals surface area contributed by atoms with Gasteiger partial charge in [0.15, 0.2) is 0 Å². The summed E-state index contributed by atoms with van der Waals surface area (Å²) >= 11 is 5.90. The highest BCUT2D eigenvalue weighted by molar-refractivity contribution is 6.30. The molecule has 0 saturated heterocycles. The average molecular weight is 425 g/mol. The molecule has 1 aromatic carbocycles. The molecule has 0 fully saturated rings. The van der Waals surface area contributed by atoms with Crippen molar-refractivity contribution in [3.8, 4) is 5.75 Å². The lowest BCUT2D eigenvalue weighted by atomic mass is 10.1. The van der Waals surface area contributed by atoms with Gasteiger partial charge in [0.1, 0.15) is 5.75 Å². The molecule has 0 aliphatic heterocycles. The first-order valence-corrected chi connectivity index (χ1v) is 11.5. The van der Waals surface area contributed by atoms with E-state index in [1.54, 1.807) is 18.2 Å². The molecule has 0 bridgehead atoms. The molecule has 0 saturated carbocycles. The zero-order valence-corrected chi connectivity index (χ0v) is 18.9. The van der Waals surface area contributed by atoms with Crippen molar-refractivity contribution in [2.24, 2.45) is 0 Å². The molecule has 0 N–H and O–H groups in total. The second-order valence-electron chi connectivity index (χ2n) is 7.64. The number of carbonyl (C=O) groups excluding carboxylic acids is 2. The Morgan fingerprint density at radius 3 is 2.07 bits per heavy atom. The monoisotopic (exact) mass is 424 g/mol. The van der Waals surface area contributed by atoms with Crippen LogP contribution in [0.3, 0.4) is 0 Å². The van der Waals surface area contributed by atoms with Gasteiger partial charge < -0.3 is 9.47 Å². The molecule has 164 valence electrons. The van der Waals surface area contributed by atoms with Crippen LogP contribution in [0.25, 0.3) is 0 Å². The van der Waals surface area contributed by atoms with Gasteiger partial charge in [-0.3, -0.25) is 9.59 Å². The molecule has 0 heterocycles. The topological polar surface area (TPSA) is 52.6 Å². The molecule has 5 heteroatoms. The van der Waals surface area contributed by atoms with Gasteiger partial charge in [-0.1, -0.05) is 69.9 Å². The van der Waals surface area contributed by atoms with Gasteiger partial charge in [-0.2, -0.15) is 0 Å². The number of hydrogen-bond acceptors (Lipinski definition) is 4. The smallest absolute Gasteiger partial charge is 0.311 e. The first kappa shape index (κ1) is 25.5. The van der Waals surface area contributed by atoms with Gasteiger partial charge in [-0.15, -0.1) is 0 Å². The van der Waals surface area contributed by atoms with E-state index in [1.807, 2.05) is 6.92 Å². The summed E-state index contributed by atoms with van der Waals surface area (Å²) in [5.41, 5.74) is 0.862. The van der Waals surface area contributed by atoms with Gasteiger partial charge in [0.2, 0.25) is 0 Å². The van der Waals surface area contributed by atoms with Gasteiger partial charge in [0, 0.05) is 17.9 Å². The molecule has 0 aromatic heterocycles. The number of halogens is 1. The Morgan fingerprint density at radius 2 is 1.41 bits per heavy atom. The molecule has 0 aliphatic carbocycles. The number of hydrogen-bond donors (Lipinski definition) is 0. The highest BCUT2D eigenvalue weighted by Crippen LogP contribution is 2.22. The van der Waals surface area contributed by atoms with Crippen molar-refractivity contribution in [1.82, 2.24) is 0 Å². The predicted octanol–water partition coefficient (Wildman–Crippen LogP) is 7.19. The van der Waals surface area contributed by atoms with Gasteiger partial charge in [0.05, 0.1) is 6.61 Å². The second-order valence-corrected chi connectivity index (χ2v) is 8.08. The van der Waals surface area contributed by atoms with Crippen LogP contribution in [0, 0.1) is 6.92 Å². The molecule has 1 rings (SSSR count). The Balaban J connectivity index is 1.94. The summed E-state index contributed by atoms with van der Waals surface area (Å²) in [5.74, 6) is 0.306. The number of unbranched alkanes of at least 4 members (excludes halogenated alkanes) is 9. The van der Waals surface area contributed by atoms with Crippen LogP contribution in [0.15, 0.2) is 18.2 Å². The van der Waals surface area contributed by atoms with Crippen molar-refractivity contribution in [2.75, 3.05) is 6.61 Å². The SMILES string of the molecule is CCCCCCCOC(=O)CCCCCCCCC(=O)Oc1ccc(Cl)cc1C. The summed E-state index contributed by atoms with van der Waals surface area (Å²) in [6.07, 6.45) is 12.7. The molecular formula is C24H37ClO4. The maximum atomic E-state index is 11.9. The molecule has 0 spiro atoms. The lowest BCUT2D eigenvalue weighted by molar-refractivity contribution is -0.144. The Labute approximate surface area is 181 Å². The lowest BCUT2D eigenvalue weighted by Gasteiger charge is -2.07. The maximum Gasteiger partial charge on any atom is 0.311 e. The molecule has 0 radical (unpaired) electrons. The summed E-state index contributed by atoms with van der Waals surface area (Å²) in [7, 11) is 0. The van der Waals surface area contributed by atoms with Gasteiger partial charge in [0.25, 0.3) is 0 Å². The van der Waals surface area contributed by atoms with E-state index in [1.165, 1.54) is 19.3 Å². The largest absolute Gasteiger partial charge is 0.466 e. The summed E-state index contributed by atoms with van der Waals surface area (Å²) < 4.78 is 10.6. The minimum absolute atomic E-state index is 0.0688. The first-order valence-electron chi connectivity index (χ1n) is 11.2. The zero-order chi connectivity index (χ0) is 21.3. The van der Waals surface area contributed by atoms with Crippen molar-refractivity contribution < 1.29 is 19.1 Å². The van der Waals surface area contributed by atoms with E-state index in [9.17, 15) is 9.59 Å². The van der Waals surface area contributed by atoms with Crippen LogP contribution in [0.1, 0.15) is 96.0 Å². The van der Waals surface area contributed by atoms with E-state index in [-0.39, 0.29) is 11.9 Å². The third kappa shape index (κ3) is 13.3. The average Bonchev–Trinajstić information content (AvgIpc) is 2.69. The Hall–Kier alpha value is -1.55. The number of aryl methyl sites for hydroxylation is 1. The van der Waals surface area contributed by atoms with Gasteiger partial charge >= 0.3 is 11.9 Å². The minimum Gasteiger partial charge on any atom is -0.466 e. The fourth-order valence-corrected chi connectivity index (χ4v) is 3.34. The van der Waals surface area contributed by atoms with Crippen LogP contribution in [0.2, 0.25) is 5.02 Å². The molecule has 0 amide bonds. The van der Waals surface area contributed by atoms with Crippen LogP contribution >= 0.6 is 11.6 Å². The van der Waals surface area contributed by atoms with Crippen LogP contribution in [-0.2, 0) is 14.3 Å². The Kier molecular flexibility index (Phi) is 14.3. The number of rotatable bonds is 16. The summed E-state index contributed by atoms with van der Waals surface area (Å²) in [4.78, 5) is 23.6. The second kappa shape index (κ2) is 16.3. The normalized spacial score (nSPS) is 10.7. The quantitative estimate of drug-likeness (QED) is 0.160. The number of esters is 2. The van der Waals surface area contributed by atoms with Crippen LogP contribution in [-0.4, -0.2) is 18.5 Å². The summed E-state index contributed by atoms with van der Waals surface area (Å²) in [6, 6.07) is 5.24. The number of ether oxygens (including phenoxy) is 2. The third-order valence-electron chi connectivity index (χ3n) is 4.88. The third-order valence-corrected chi connectivity index (χ3v) is 5.12. The Morgan fingerprint density at radius 1 is 0.828 bits per heavy atom. The standard InChI is InChI=1S/C24H37ClO4/c1-3-4-5-10-13-18-28-23(26)14-11-8-6-7-9-12-15-24(27)29-22-17-16-21(25)19-20(22)2/h16-17,19H,3-15,18H2,1-2H3. The zero-order valence-electron chi connectivity index (χ0n) is 18.1. The van der Waals surface area contributed by atoms with Crippen molar-refractivity contribution in [1.29, 1.82) is 0 Å². The number of carbonyl (C=O) groups is 2. The van der Waals surface area contributed by atoms with Crippen LogP contribution in [0.5, 0.6) is 5.75 Å². The van der Waals surface area contributed by atoms with E-state index >= 15 is 0 Å². The van der Waals surface area contributed by atoms with Crippen LogP contribution in [0.4, 0.5) is 0 Å². The van der Waals surface area contributed by atoms with Crippen molar-refractivity contribution >= 4 is 23.5 Å². The van der Waals surface area contributed by atoms with Gasteiger partial charge in [-0.25, -0.2) is 0 Å².